The number of hydrogen-bond donors (Lipinski definition) is 0. The molecule has 1 aromatic rings. The van der Waals surface area contributed by atoms with Crippen molar-refractivity contribution < 1.29 is 4.79 Å². The van der Waals surface area contributed by atoms with Gasteiger partial charge in [-0.15, -0.1) is 0 Å². The molecular formula is C11H12Cl2N2O. The van der Waals surface area contributed by atoms with Crippen molar-refractivity contribution in [2.45, 2.75) is 26.3 Å². The lowest BCUT2D eigenvalue weighted by Gasteiger charge is -2.02. The first-order valence-electron chi connectivity index (χ1n) is 4.90. The van der Waals surface area contributed by atoms with Crippen LogP contribution in [-0.2, 0) is 4.79 Å². The van der Waals surface area contributed by atoms with Gasteiger partial charge in [0.2, 0.25) is 0 Å². The van der Waals surface area contributed by atoms with E-state index < -0.39 is 6.04 Å². The molecule has 3 nitrogen and oxygen atoms in total. The van der Waals surface area contributed by atoms with Crippen LogP contribution in [0.1, 0.15) is 20.3 Å². The molecule has 1 unspecified atom stereocenters. The highest BCUT2D eigenvalue weighted by molar-refractivity contribution is 6.35. The van der Waals surface area contributed by atoms with E-state index in [-0.39, 0.29) is 5.78 Å². The monoisotopic (exact) mass is 258 g/mol. The molecule has 0 aliphatic carbocycles. The lowest BCUT2D eigenvalue weighted by molar-refractivity contribution is -0.118. The molecule has 0 aliphatic heterocycles. The fourth-order valence-electron chi connectivity index (χ4n) is 1.18. The Kier molecular flexibility index (Phi) is 4.90. The maximum Gasteiger partial charge on any atom is 0.156 e. The SMILES string of the molecule is CCC(N=Nc1cc(Cl)cc(Cl)c1)C(C)=O. The molecule has 0 bridgehead atoms. The van der Waals surface area contributed by atoms with Gasteiger partial charge in [-0.2, -0.15) is 10.2 Å². The molecular weight excluding hydrogens is 247 g/mol. The van der Waals surface area contributed by atoms with Gasteiger partial charge in [-0.1, -0.05) is 30.1 Å². The van der Waals surface area contributed by atoms with Crippen LogP contribution >= 0.6 is 23.2 Å². The quantitative estimate of drug-likeness (QED) is 0.736. The number of ketones is 1. The van der Waals surface area contributed by atoms with Crippen LogP contribution in [0.2, 0.25) is 10.0 Å². The van der Waals surface area contributed by atoms with E-state index in [1.54, 1.807) is 18.2 Å². The minimum atomic E-state index is -0.391. The molecule has 0 saturated carbocycles. The molecule has 1 rings (SSSR count). The van der Waals surface area contributed by atoms with Crippen LogP contribution in [-0.4, -0.2) is 11.8 Å². The molecule has 0 saturated heterocycles. The van der Waals surface area contributed by atoms with Crippen molar-refractivity contribution in [3.05, 3.63) is 28.2 Å². The van der Waals surface area contributed by atoms with E-state index in [0.717, 1.165) is 0 Å². The van der Waals surface area contributed by atoms with E-state index in [4.69, 9.17) is 23.2 Å². The van der Waals surface area contributed by atoms with Crippen molar-refractivity contribution in [1.82, 2.24) is 0 Å². The van der Waals surface area contributed by atoms with Crippen molar-refractivity contribution in [1.29, 1.82) is 0 Å². The highest BCUT2D eigenvalue weighted by Crippen LogP contribution is 2.25. The molecule has 1 aromatic carbocycles. The number of nitrogens with zero attached hydrogens (tertiary/aromatic N) is 2. The second kappa shape index (κ2) is 5.97. The Morgan fingerprint density at radius 1 is 1.31 bits per heavy atom. The van der Waals surface area contributed by atoms with Crippen molar-refractivity contribution >= 4 is 34.7 Å². The molecule has 0 amide bonds. The molecule has 0 fully saturated rings. The Morgan fingerprint density at radius 2 is 1.88 bits per heavy atom. The third kappa shape index (κ3) is 3.91. The van der Waals surface area contributed by atoms with Gasteiger partial charge in [0.25, 0.3) is 0 Å². The fourth-order valence-corrected chi connectivity index (χ4v) is 1.70. The summed E-state index contributed by atoms with van der Waals surface area (Å²) in [5, 5.41) is 8.90. The Hall–Kier alpha value is -0.930. The molecule has 16 heavy (non-hydrogen) atoms. The summed E-state index contributed by atoms with van der Waals surface area (Å²) in [6, 6.07) is 4.51. The van der Waals surface area contributed by atoms with Gasteiger partial charge >= 0.3 is 0 Å². The van der Waals surface area contributed by atoms with Crippen molar-refractivity contribution in [2.24, 2.45) is 10.2 Å². The number of azo groups is 1. The molecule has 0 radical (unpaired) electrons. The predicted octanol–water partition coefficient (Wildman–Crippen LogP) is 4.44. The molecule has 0 aromatic heterocycles. The van der Waals surface area contributed by atoms with Crippen molar-refractivity contribution in [2.75, 3.05) is 0 Å². The van der Waals surface area contributed by atoms with E-state index in [0.29, 0.717) is 22.2 Å². The molecule has 1 atom stereocenters. The summed E-state index contributed by atoms with van der Waals surface area (Å²) in [7, 11) is 0. The second-order valence-corrected chi connectivity index (χ2v) is 4.25. The number of halogens is 2. The number of carbonyl (C=O) groups excluding carboxylic acids is 1. The van der Waals surface area contributed by atoms with E-state index in [9.17, 15) is 4.79 Å². The molecule has 86 valence electrons. The third-order valence-electron chi connectivity index (χ3n) is 2.02. The summed E-state index contributed by atoms with van der Waals surface area (Å²) >= 11 is 11.6. The van der Waals surface area contributed by atoms with Gasteiger partial charge in [-0.25, -0.2) is 0 Å². The van der Waals surface area contributed by atoms with E-state index >= 15 is 0 Å². The summed E-state index contributed by atoms with van der Waals surface area (Å²) in [6.45, 7) is 3.38. The van der Waals surface area contributed by atoms with Gasteiger partial charge in [0.15, 0.2) is 5.78 Å². The Labute approximate surface area is 104 Å². The van der Waals surface area contributed by atoms with Crippen LogP contribution in [0.5, 0.6) is 0 Å². The van der Waals surface area contributed by atoms with Crippen LogP contribution < -0.4 is 0 Å². The summed E-state index contributed by atoms with van der Waals surface area (Å²) in [5.74, 6) is -0.000579. The minimum absolute atomic E-state index is 0.000579. The minimum Gasteiger partial charge on any atom is -0.298 e. The van der Waals surface area contributed by atoms with Gasteiger partial charge in [0.05, 0.1) is 5.69 Å². The Bertz CT molecular complexity index is 398. The third-order valence-corrected chi connectivity index (χ3v) is 2.45. The van der Waals surface area contributed by atoms with E-state index in [2.05, 4.69) is 10.2 Å². The smallest absolute Gasteiger partial charge is 0.156 e. The van der Waals surface area contributed by atoms with Gasteiger partial charge in [-0.3, -0.25) is 4.79 Å². The molecule has 0 spiro atoms. The summed E-state index contributed by atoms with van der Waals surface area (Å²) < 4.78 is 0. The van der Waals surface area contributed by atoms with Crippen LogP contribution in [0.3, 0.4) is 0 Å². The number of hydrogen-bond acceptors (Lipinski definition) is 3. The first kappa shape index (κ1) is 13.1. The Balaban J connectivity index is 2.86. The first-order chi connectivity index (χ1) is 7.52. The van der Waals surface area contributed by atoms with E-state index in [1.165, 1.54) is 6.92 Å². The average Bonchev–Trinajstić information content (AvgIpc) is 2.16. The number of rotatable bonds is 4. The fraction of sp³-hybridized carbons (Fsp3) is 0.364. The largest absolute Gasteiger partial charge is 0.298 e. The van der Waals surface area contributed by atoms with Crippen LogP contribution in [0, 0.1) is 0 Å². The van der Waals surface area contributed by atoms with E-state index in [1.807, 2.05) is 6.92 Å². The summed E-state index contributed by atoms with van der Waals surface area (Å²) in [5.41, 5.74) is 0.553. The summed E-state index contributed by atoms with van der Waals surface area (Å²) in [4.78, 5) is 11.1. The lowest BCUT2D eigenvalue weighted by atomic mass is 10.2. The standard InChI is InChI=1S/C11H12Cl2N2O/c1-3-11(7(2)16)15-14-10-5-8(12)4-9(13)6-10/h4-6,11H,3H2,1-2H3. The summed E-state index contributed by atoms with van der Waals surface area (Å²) in [6.07, 6.45) is 0.632. The van der Waals surface area contributed by atoms with Gasteiger partial charge < -0.3 is 0 Å². The van der Waals surface area contributed by atoms with Gasteiger partial charge in [-0.05, 0) is 31.5 Å². The zero-order chi connectivity index (χ0) is 12.1. The zero-order valence-electron chi connectivity index (χ0n) is 9.08. The van der Waals surface area contributed by atoms with Crippen LogP contribution in [0.15, 0.2) is 28.4 Å². The van der Waals surface area contributed by atoms with Crippen molar-refractivity contribution in [3.8, 4) is 0 Å². The number of benzene rings is 1. The number of Topliss-reactive ketones (excluding diaryl/α,β-unsaturated/α-hetero) is 1. The molecule has 0 aliphatic rings. The van der Waals surface area contributed by atoms with Gasteiger partial charge in [0, 0.05) is 10.0 Å². The maximum absolute atomic E-state index is 11.1. The van der Waals surface area contributed by atoms with Crippen LogP contribution in [0.4, 0.5) is 5.69 Å². The first-order valence-corrected chi connectivity index (χ1v) is 5.66. The topological polar surface area (TPSA) is 41.8 Å². The Morgan fingerprint density at radius 3 is 2.31 bits per heavy atom. The zero-order valence-corrected chi connectivity index (χ0v) is 10.6. The molecule has 5 heteroatoms. The molecule has 0 N–H and O–H groups in total. The second-order valence-electron chi connectivity index (χ2n) is 3.38. The highest BCUT2D eigenvalue weighted by Gasteiger charge is 2.09. The normalized spacial score (nSPS) is 13.0. The predicted molar refractivity (Wildman–Crippen MR) is 65.7 cm³/mol. The molecule has 0 heterocycles. The van der Waals surface area contributed by atoms with Crippen LogP contribution in [0.25, 0.3) is 0 Å². The maximum atomic E-state index is 11.1. The highest BCUT2D eigenvalue weighted by atomic mass is 35.5. The lowest BCUT2D eigenvalue weighted by Crippen LogP contribution is -2.12. The van der Waals surface area contributed by atoms with Crippen molar-refractivity contribution in [3.63, 3.8) is 0 Å². The van der Waals surface area contributed by atoms with Gasteiger partial charge in [0.1, 0.15) is 6.04 Å². The average molecular weight is 259 g/mol. The number of carbonyl (C=O) groups is 1.